The summed E-state index contributed by atoms with van der Waals surface area (Å²) in [6, 6.07) is 15.3. The van der Waals surface area contributed by atoms with Gasteiger partial charge in [-0.25, -0.2) is 4.79 Å². The first-order valence-electron chi connectivity index (χ1n) is 19.6. The summed E-state index contributed by atoms with van der Waals surface area (Å²) in [6.45, 7) is 7.26. The van der Waals surface area contributed by atoms with Crippen molar-refractivity contribution >= 4 is 23.6 Å². The molecule has 2 aliphatic carbocycles. The predicted octanol–water partition coefficient (Wildman–Crippen LogP) is 7.39. The van der Waals surface area contributed by atoms with Gasteiger partial charge in [-0.3, -0.25) is 9.97 Å². The fourth-order valence-corrected chi connectivity index (χ4v) is 9.74. The molecule has 2 aromatic carbocycles. The van der Waals surface area contributed by atoms with Crippen molar-refractivity contribution in [2.75, 3.05) is 32.2 Å². The molecule has 3 aromatic rings. The summed E-state index contributed by atoms with van der Waals surface area (Å²) in [5, 5.41) is 27.1. The molecular weight excluding hydrogens is 717 g/mol. The standard InChI is InChI=1S/C43H54N4O7S/c1-3-23-51-43-39(55-24-18-32-29-44-19-20-45-32)27-37(47-52-4-2)35-25-31(14-8-10-21-48)34(15-9-11-22-49)40(41(35)43)36-26-33(16-17-38(36)54-43)53-42(50)46-28-30-12-6-5-7-13-30/h3,5-7,12-13,16-17,19-20,25-26,29,31,34,39-41,48-49H,1,4,8-11,14-15,18,21-24,27-28H2,2H3,(H,46,50). The van der Waals surface area contributed by atoms with Gasteiger partial charge in [-0.1, -0.05) is 60.5 Å². The number of aliphatic hydroxyl groups excluding tert-OH is 2. The number of fused-ring (bicyclic) bond motifs is 2. The number of carbonyl (C=O) groups is 1. The van der Waals surface area contributed by atoms with Gasteiger partial charge in [0.05, 0.1) is 29.2 Å². The van der Waals surface area contributed by atoms with Crippen molar-refractivity contribution in [2.45, 2.75) is 81.8 Å². The van der Waals surface area contributed by atoms with E-state index in [9.17, 15) is 15.0 Å². The van der Waals surface area contributed by atoms with Crippen molar-refractivity contribution in [3.63, 3.8) is 0 Å². The number of hydrogen-bond acceptors (Lipinski definition) is 11. The minimum atomic E-state index is -1.09. The average Bonchev–Trinajstić information content (AvgIpc) is 3.21. The summed E-state index contributed by atoms with van der Waals surface area (Å²) < 4.78 is 20.1. The SMILES string of the molecule is C=CCOC12Oc3ccc(OC(=O)NCc4ccccc4)cc3C3C(CCCCO)C(CCCCO)C=C(C(=NOCC)CC1SCCc1cnccn1)C32. The number of allylic oxidation sites excluding steroid dienone is 1. The monoisotopic (exact) mass is 770 g/mol. The van der Waals surface area contributed by atoms with E-state index in [1.165, 1.54) is 0 Å². The minimum Gasteiger partial charge on any atom is -0.460 e. The van der Waals surface area contributed by atoms with Gasteiger partial charge in [-0.2, -0.15) is 11.8 Å². The highest BCUT2D eigenvalue weighted by atomic mass is 32.2. The second kappa shape index (κ2) is 20.1. The Balaban J connectivity index is 1.44. The largest absolute Gasteiger partial charge is 0.460 e. The molecule has 11 nitrogen and oxygen atoms in total. The molecule has 6 unspecified atom stereocenters. The lowest BCUT2D eigenvalue weighted by Crippen LogP contribution is -2.64. The van der Waals surface area contributed by atoms with Crippen LogP contribution in [0.15, 0.2) is 96.6 Å². The maximum Gasteiger partial charge on any atom is 0.412 e. The molecule has 0 radical (unpaired) electrons. The van der Waals surface area contributed by atoms with Crippen molar-refractivity contribution in [3.8, 4) is 11.5 Å². The van der Waals surface area contributed by atoms with Gasteiger partial charge in [0, 0.05) is 62.7 Å². The van der Waals surface area contributed by atoms with Crippen LogP contribution in [0.1, 0.15) is 74.6 Å². The molecule has 1 fully saturated rings. The number of benzene rings is 2. The number of nitrogens with one attached hydrogen (secondary N) is 1. The first kappa shape index (κ1) is 40.4. The number of aliphatic hydroxyl groups is 2. The summed E-state index contributed by atoms with van der Waals surface area (Å²) in [7, 11) is 0. The molecule has 1 aromatic heterocycles. The molecule has 0 bridgehead atoms. The van der Waals surface area contributed by atoms with Crippen molar-refractivity contribution < 1.29 is 34.1 Å². The molecule has 1 aliphatic heterocycles. The Morgan fingerprint density at radius 1 is 1.11 bits per heavy atom. The number of aromatic nitrogens is 2. The maximum atomic E-state index is 13.1. The third-order valence-electron chi connectivity index (χ3n) is 10.7. The highest BCUT2D eigenvalue weighted by Crippen LogP contribution is 2.62. The summed E-state index contributed by atoms with van der Waals surface area (Å²) in [5.41, 5.74) is 4.77. The number of hydrogen-bond donors (Lipinski definition) is 3. The van der Waals surface area contributed by atoms with Crippen molar-refractivity contribution in [1.29, 1.82) is 0 Å². The topological polar surface area (TPSA) is 145 Å². The molecule has 2 heterocycles. The number of unbranched alkanes of at least 4 members (excludes halogenated alkanes) is 2. The van der Waals surface area contributed by atoms with E-state index < -0.39 is 11.9 Å². The number of nitrogens with zero attached hydrogens (tertiary/aromatic N) is 3. The quantitative estimate of drug-likeness (QED) is 0.0604. The highest BCUT2D eigenvalue weighted by Gasteiger charge is 2.64. The van der Waals surface area contributed by atoms with Crippen LogP contribution < -0.4 is 14.8 Å². The van der Waals surface area contributed by atoms with E-state index in [0.717, 1.165) is 66.0 Å². The highest BCUT2D eigenvalue weighted by molar-refractivity contribution is 8.00. The molecule has 1 saturated carbocycles. The average molecular weight is 771 g/mol. The molecule has 1 amide bonds. The molecule has 55 heavy (non-hydrogen) atoms. The lowest BCUT2D eigenvalue weighted by atomic mass is 9.56. The Hall–Kier alpha value is -4.23. The Morgan fingerprint density at radius 2 is 1.93 bits per heavy atom. The third-order valence-corrected chi connectivity index (χ3v) is 12.0. The van der Waals surface area contributed by atoms with Crippen LogP contribution in [0, 0.1) is 17.8 Å². The van der Waals surface area contributed by atoms with Crippen molar-refractivity contribution in [2.24, 2.45) is 22.9 Å². The summed E-state index contributed by atoms with van der Waals surface area (Å²) in [4.78, 5) is 27.7. The predicted molar refractivity (Wildman–Crippen MR) is 214 cm³/mol. The van der Waals surface area contributed by atoms with Crippen LogP contribution in [-0.4, -0.2) is 75.2 Å². The molecule has 6 atom stereocenters. The van der Waals surface area contributed by atoms with Gasteiger partial charge < -0.3 is 34.6 Å². The lowest BCUT2D eigenvalue weighted by Gasteiger charge is -2.58. The number of amides is 1. The van der Waals surface area contributed by atoms with Crippen LogP contribution in [0.3, 0.4) is 0 Å². The number of rotatable bonds is 20. The van der Waals surface area contributed by atoms with Gasteiger partial charge in [0.2, 0.25) is 5.79 Å². The van der Waals surface area contributed by atoms with Crippen LogP contribution in [0.2, 0.25) is 0 Å². The Bertz CT molecular complexity index is 1760. The van der Waals surface area contributed by atoms with E-state index in [0.29, 0.717) is 43.9 Å². The van der Waals surface area contributed by atoms with Gasteiger partial charge >= 0.3 is 6.09 Å². The Morgan fingerprint density at radius 3 is 2.67 bits per heavy atom. The smallest absolute Gasteiger partial charge is 0.412 e. The first-order valence-corrected chi connectivity index (χ1v) is 20.6. The zero-order valence-electron chi connectivity index (χ0n) is 31.7. The minimum absolute atomic E-state index is 0.113. The van der Waals surface area contributed by atoms with E-state index >= 15 is 0 Å². The Kier molecular flexibility index (Phi) is 14.8. The van der Waals surface area contributed by atoms with Crippen LogP contribution in [0.25, 0.3) is 0 Å². The number of ether oxygens (including phenoxy) is 3. The van der Waals surface area contributed by atoms with E-state index in [-0.39, 0.29) is 48.7 Å². The molecule has 294 valence electrons. The number of oxime groups is 1. The van der Waals surface area contributed by atoms with E-state index in [4.69, 9.17) is 24.2 Å². The number of aryl methyl sites for hydroxylation is 1. The van der Waals surface area contributed by atoms with Gasteiger partial charge in [0.25, 0.3) is 0 Å². The van der Waals surface area contributed by atoms with Gasteiger partial charge in [0.1, 0.15) is 18.1 Å². The number of thioether (sulfide) groups is 1. The second-order valence-corrected chi connectivity index (χ2v) is 15.5. The summed E-state index contributed by atoms with van der Waals surface area (Å²) in [5.74, 6) is 0.665. The van der Waals surface area contributed by atoms with Crippen LogP contribution >= 0.6 is 11.8 Å². The molecular formula is C43H54N4O7S. The molecule has 0 spiro atoms. The van der Waals surface area contributed by atoms with E-state index in [2.05, 4.69) is 27.9 Å². The molecule has 6 rings (SSSR count). The van der Waals surface area contributed by atoms with E-state index in [1.807, 2.05) is 49.4 Å². The van der Waals surface area contributed by atoms with Crippen LogP contribution in [-0.2, 0) is 22.5 Å². The molecule has 0 saturated heterocycles. The van der Waals surface area contributed by atoms with Crippen molar-refractivity contribution in [1.82, 2.24) is 15.3 Å². The van der Waals surface area contributed by atoms with Crippen molar-refractivity contribution in [3.05, 3.63) is 108 Å². The fraction of sp³-hybridized carbons (Fsp3) is 0.488. The van der Waals surface area contributed by atoms with Gasteiger partial charge in [-0.15, -0.1) is 6.58 Å². The molecule has 3 aliphatic rings. The number of carbonyl (C=O) groups excluding carboxylic acids is 1. The van der Waals surface area contributed by atoms with Crippen LogP contribution in [0.4, 0.5) is 4.79 Å². The first-order chi connectivity index (χ1) is 27.0. The van der Waals surface area contributed by atoms with E-state index in [1.54, 1.807) is 42.5 Å². The summed E-state index contributed by atoms with van der Waals surface area (Å²) in [6.07, 6.45) is 14.9. The lowest BCUT2D eigenvalue weighted by molar-refractivity contribution is -0.223. The zero-order valence-corrected chi connectivity index (χ0v) is 32.5. The third kappa shape index (κ3) is 9.78. The molecule has 3 N–H and O–H groups in total. The normalized spacial score (nSPS) is 24.5. The fourth-order valence-electron chi connectivity index (χ4n) is 8.36. The van der Waals surface area contributed by atoms with Crippen LogP contribution in [0.5, 0.6) is 11.5 Å². The second-order valence-electron chi connectivity index (χ2n) is 14.2. The zero-order chi connectivity index (χ0) is 38.5. The van der Waals surface area contributed by atoms with Gasteiger partial charge in [-0.05, 0) is 79.5 Å². The summed E-state index contributed by atoms with van der Waals surface area (Å²) >= 11 is 1.78. The Labute approximate surface area is 328 Å². The molecule has 12 heteroatoms. The maximum absolute atomic E-state index is 13.1. The van der Waals surface area contributed by atoms with Gasteiger partial charge in [0.15, 0.2) is 0 Å².